The van der Waals surface area contributed by atoms with Crippen LogP contribution in [0.15, 0.2) is 48.5 Å². The largest absolute Gasteiger partial charge is 0.314 e. The van der Waals surface area contributed by atoms with Crippen molar-refractivity contribution < 1.29 is 4.39 Å². The molecular weight excluding hydrogens is 277 g/mol. The van der Waals surface area contributed by atoms with Crippen molar-refractivity contribution in [2.24, 2.45) is 5.73 Å². The first kappa shape index (κ1) is 13.4. The van der Waals surface area contributed by atoms with Crippen LogP contribution in [0.3, 0.4) is 0 Å². The molecule has 1 saturated heterocycles. The van der Waals surface area contributed by atoms with Crippen molar-refractivity contribution in [3.05, 3.63) is 64.9 Å². The summed E-state index contributed by atoms with van der Waals surface area (Å²) < 4.78 is 13.4. The van der Waals surface area contributed by atoms with Crippen LogP contribution in [0, 0.1) is 5.82 Å². The number of rotatable bonds is 2. The fourth-order valence-electron chi connectivity index (χ4n) is 2.52. The van der Waals surface area contributed by atoms with Gasteiger partial charge in [0.15, 0.2) is 0 Å². The number of halogens is 2. The van der Waals surface area contributed by atoms with Crippen LogP contribution in [0.25, 0.3) is 0 Å². The van der Waals surface area contributed by atoms with Crippen molar-refractivity contribution in [1.29, 1.82) is 0 Å². The maximum Gasteiger partial charge on any atom is 0.125 e. The topological polar surface area (TPSA) is 41.3 Å². The Hall–Kier alpha value is -1.62. The van der Waals surface area contributed by atoms with Gasteiger partial charge in [0.25, 0.3) is 0 Å². The Morgan fingerprint density at radius 2 is 1.95 bits per heavy atom. The highest BCUT2D eigenvalue weighted by Crippen LogP contribution is 2.33. The standard InChI is InChI=1S/C15H15ClFN3/c16-11-6-4-10(5-7-11)14-9-15(18)19-20(14)13-3-1-2-12(17)8-13/h1-8,14-15,19H,9,18H2. The molecule has 20 heavy (non-hydrogen) atoms. The van der Waals surface area contributed by atoms with E-state index in [0.717, 1.165) is 17.7 Å². The van der Waals surface area contributed by atoms with Gasteiger partial charge in [-0.05, 0) is 35.9 Å². The molecule has 2 atom stereocenters. The van der Waals surface area contributed by atoms with Gasteiger partial charge in [0.1, 0.15) is 5.82 Å². The highest BCUT2D eigenvalue weighted by atomic mass is 35.5. The summed E-state index contributed by atoms with van der Waals surface area (Å²) in [5, 5.41) is 2.61. The van der Waals surface area contributed by atoms with E-state index in [1.165, 1.54) is 12.1 Å². The summed E-state index contributed by atoms with van der Waals surface area (Å²) in [5.74, 6) is -0.264. The summed E-state index contributed by atoms with van der Waals surface area (Å²) in [6.07, 6.45) is 0.594. The molecule has 1 aliphatic rings. The van der Waals surface area contributed by atoms with Gasteiger partial charge >= 0.3 is 0 Å². The van der Waals surface area contributed by atoms with Gasteiger partial charge < -0.3 is 5.73 Å². The predicted molar refractivity (Wildman–Crippen MR) is 78.8 cm³/mol. The Bertz CT molecular complexity index is 602. The van der Waals surface area contributed by atoms with Crippen molar-refractivity contribution in [2.75, 3.05) is 5.01 Å². The lowest BCUT2D eigenvalue weighted by atomic mass is 10.0. The van der Waals surface area contributed by atoms with Gasteiger partial charge in [0, 0.05) is 11.4 Å². The summed E-state index contributed by atoms with van der Waals surface area (Å²) in [6.45, 7) is 0. The van der Waals surface area contributed by atoms with Crippen LogP contribution in [-0.2, 0) is 0 Å². The van der Waals surface area contributed by atoms with E-state index in [0.29, 0.717) is 5.02 Å². The van der Waals surface area contributed by atoms with Crippen LogP contribution in [0.1, 0.15) is 18.0 Å². The van der Waals surface area contributed by atoms with E-state index in [9.17, 15) is 4.39 Å². The third-order valence-electron chi connectivity index (χ3n) is 3.43. The van der Waals surface area contributed by atoms with Crippen LogP contribution in [-0.4, -0.2) is 6.17 Å². The molecule has 104 valence electrons. The van der Waals surface area contributed by atoms with Gasteiger partial charge in [-0.3, -0.25) is 5.01 Å². The Balaban J connectivity index is 1.94. The lowest BCUT2D eigenvalue weighted by Crippen LogP contribution is -2.40. The minimum absolute atomic E-state index is 0.0593. The van der Waals surface area contributed by atoms with Crippen LogP contribution in [0.5, 0.6) is 0 Å². The molecule has 2 aromatic carbocycles. The molecule has 2 unspecified atom stereocenters. The summed E-state index contributed by atoms with van der Waals surface area (Å²) >= 11 is 5.92. The quantitative estimate of drug-likeness (QED) is 0.893. The molecule has 1 aliphatic heterocycles. The molecule has 3 rings (SSSR count). The van der Waals surface area contributed by atoms with Crippen LogP contribution in [0.4, 0.5) is 10.1 Å². The van der Waals surface area contributed by atoms with Gasteiger partial charge in [-0.25, -0.2) is 9.82 Å². The third kappa shape index (κ3) is 2.63. The van der Waals surface area contributed by atoms with Crippen LogP contribution >= 0.6 is 11.6 Å². The second-order valence-corrected chi connectivity index (χ2v) is 5.32. The number of nitrogens with two attached hydrogens (primary N) is 1. The second-order valence-electron chi connectivity index (χ2n) is 4.89. The van der Waals surface area contributed by atoms with E-state index >= 15 is 0 Å². The first-order valence-corrected chi connectivity index (χ1v) is 6.83. The van der Waals surface area contributed by atoms with Crippen LogP contribution in [0.2, 0.25) is 5.02 Å². The molecule has 0 aromatic heterocycles. The maximum atomic E-state index is 13.4. The molecule has 2 aromatic rings. The smallest absolute Gasteiger partial charge is 0.125 e. The van der Waals surface area contributed by atoms with E-state index in [-0.39, 0.29) is 18.0 Å². The van der Waals surface area contributed by atoms with Gasteiger partial charge in [-0.15, -0.1) is 0 Å². The van der Waals surface area contributed by atoms with Crippen LogP contribution < -0.4 is 16.2 Å². The van der Waals surface area contributed by atoms with Crippen molar-refractivity contribution in [2.45, 2.75) is 18.6 Å². The summed E-state index contributed by atoms with van der Waals surface area (Å²) in [7, 11) is 0. The number of hydrogen-bond donors (Lipinski definition) is 2. The first-order chi connectivity index (χ1) is 9.63. The second kappa shape index (κ2) is 5.40. The van der Waals surface area contributed by atoms with Crippen molar-refractivity contribution >= 4 is 17.3 Å². The Morgan fingerprint density at radius 3 is 2.65 bits per heavy atom. The molecular formula is C15H15ClFN3. The molecule has 1 fully saturated rings. The minimum Gasteiger partial charge on any atom is -0.314 e. The van der Waals surface area contributed by atoms with Gasteiger partial charge in [-0.2, -0.15) is 0 Å². The number of hydrogen-bond acceptors (Lipinski definition) is 3. The van der Waals surface area contributed by atoms with E-state index in [2.05, 4.69) is 5.43 Å². The van der Waals surface area contributed by atoms with E-state index in [4.69, 9.17) is 17.3 Å². The van der Waals surface area contributed by atoms with Crippen molar-refractivity contribution in [3.8, 4) is 0 Å². The third-order valence-corrected chi connectivity index (χ3v) is 3.69. The normalized spacial score (nSPS) is 22.2. The van der Waals surface area contributed by atoms with Crippen molar-refractivity contribution in [3.63, 3.8) is 0 Å². The number of anilines is 1. The Labute approximate surface area is 122 Å². The molecule has 0 bridgehead atoms. The summed E-state index contributed by atoms with van der Waals surface area (Å²) in [4.78, 5) is 0. The van der Waals surface area contributed by atoms with Gasteiger partial charge in [0.05, 0.1) is 17.9 Å². The number of hydrazine groups is 1. The molecule has 0 radical (unpaired) electrons. The van der Waals surface area contributed by atoms with E-state index in [1.807, 2.05) is 35.3 Å². The molecule has 0 spiro atoms. The molecule has 3 N–H and O–H groups in total. The fourth-order valence-corrected chi connectivity index (χ4v) is 2.64. The highest BCUT2D eigenvalue weighted by molar-refractivity contribution is 6.30. The SMILES string of the molecule is NC1CC(c2ccc(Cl)cc2)N(c2cccc(F)c2)N1. The Kier molecular flexibility index (Phi) is 3.61. The predicted octanol–water partition coefficient (Wildman–Crippen LogP) is 3.22. The minimum atomic E-state index is -0.264. The van der Waals surface area contributed by atoms with E-state index < -0.39 is 0 Å². The number of nitrogens with zero attached hydrogens (tertiary/aromatic N) is 1. The lowest BCUT2D eigenvalue weighted by Gasteiger charge is -2.26. The molecule has 0 saturated carbocycles. The fraction of sp³-hybridized carbons (Fsp3) is 0.200. The maximum absolute atomic E-state index is 13.4. The average molecular weight is 292 g/mol. The highest BCUT2D eigenvalue weighted by Gasteiger charge is 2.31. The molecule has 0 aliphatic carbocycles. The zero-order valence-electron chi connectivity index (χ0n) is 10.8. The summed E-state index contributed by atoms with van der Waals surface area (Å²) in [5.41, 5.74) is 11.0. The summed E-state index contributed by atoms with van der Waals surface area (Å²) in [6, 6.07) is 14.2. The zero-order chi connectivity index (χ0) is 14.1. The van der Waals surface area contributed by atoms with Gasteiger partial charge in [-0.1, -0.05) is 29.8 Å². The molecule has 5 heteroatoms. The first-order valence-electron chi connectivity index (χ1n) is 6.45. The monoisotopic (exact) mass is 291 g/mol. The average Bonchev–Trinajstić information content (AvgIpc) is 2.82. The zero-order valence-corrected chi connectivity index (χ0v) is 11.5. The van der Waals surface area contributed by atoms with Gasteiger partial charge in [0.2, 0.25) is 0 Å². The number of benzene rings is 2. The molecule has 3 nitrogen and oxygen atoms in total. The lowest BCUT2D eigenvalue weighted by molar-refractivity contribution is 0.608. The molecule has 1 heterocycles. The van der Waals surface area contributed by atoms with E-state index in [1.54, 1.807) is 6.07 Å². The number of nitrogens with one attached hydrogen (secondary N) is 1. The molecule has 0 amide bonds. The van der Waals surface area contributed by atoms with Crippen molar-refractivity contribution in [1.82, 2.24) is 5.43 Å². The Morgan fingerprint density at radius 1 is 1.20 bits per heavy atom.